The van der Waals surface area contributed by atoms with Crippen LogP contribution < -0.4 is 5.11 Å². The summed E-state index contributed by atoms with van der Waals surface area (Å²) in [5.74, 6) is -1.10. The summed E-state index contributed by atoms with van der Waals surface area (Å²) in [4.78, 5) is 21.2. The van der Waals surface area contributed by atoms with Gasteiger partial charge in [-0.15, -0.1) is 0 Å². The van der Waals surface area contributed by atoms with Crippen LogP contribution in [0.4, 0.5) is 5.69 Å². The maximum atomic E-state index is 10.8. The van der Waals surface area contributed by atoms with E-state index in [1.165, 1.54) is 12.1 Å². The molecule has 0 atom stereocenters. The second-order valence-electron chi connectivity index (χ2n) is 2.86. The number of halogens is 1. The Bertz CT molecular complexity index is 363. The van der Waals surface area contributed by atoms with Crippen molar-refractivity contribution in [2.75, 3.05) is 0 Å². The molecule has 0 unspecified atom stereocenters. The van der Waals surface area contributed by atoms with Gasteiger partial charge in [0, 0.05) is 18.1 Å². The third-order valence-corrected chi connectivity index (χ3v) is 1.95. The van der Waals surface area contributed by atoms with E-state index in [1.807, 2.05) is 0 Å². The average Bonchev–Trinajstić information content (AvgIpc) is 2.26. The van der Waals surface area contributed by atoms with Crippen molar-refractivity contribution in [3.05, 3.63) is 34.7 Å². The Balaban J connectivity index is 2.64. The Morgan fingerprint density at radius 3 is 2.47 bits per heavy atom. The minimum atomic E-state index is -1.10. The van der Waals surface area contributed by atoms with Crippen molar-refractivity contribution < 1.29 is 19.2 Å². The zero-order chi connectivity index (χ0) is 11.3. The Morgan fingerprint density at radius 2 is 2.00 bits per heavy atom. The molecule has 0 aliphatic carbocycles. The number of benzene rings is 1. The van der Waals surface area contributed by atoms with Crippen molar-refractivity contribution in [2.45, 2.75) is 12.8 Å². The SMILES string of the molecule is O=C([O-])CCc1ccc([N+](=O)OCl)cc1. The van der Waals surface area contributed by atoms with E-state index in [0.29, 0.717) is 6.42 Å². The standard InChI is InChI=1S/C9H8ClNO4/c10-15-11(14)8-4-1-7(2-5-8)3-6-9(12)13/h1-2,4-5H,3,6H2. The maximum Gasteiger partial charge on any atom is 0.318 e. The van der Waals surface area contributed by atoms with Crippen molar-refractivity contribution in [3.8, 4) is 0 Å². The second kappa shape index (κ2) is 5.31. The number of carbonyl (C=O) groups excluding carboxylic acids is 1. The molecule has 1 rings (SSSR count). The van der Waals surface area contributed by atoms with Crippen LogP contribution in [-0.2, 0) is 15.6 Å². The average molecular weight is 230 g/mol. The predicted octanol–water partition coefficient (Wildman–Crippen LogP) is 0.865. The Morgan fingerprint density at radius 1 is 1.40 bits per heavy atom. The van der Waals surface area contributed by atoms with Gasteiger partial charge >= 0.3 is 5.69 Å². The Hall–Kier alpha value is -1.62. The van der Waals surface area contributed by atoms with Crippen LogP contribution in [0.15, 0.2) is 24.3 Å². The number of hydrogen-bond donors (Lipinski definition) is 0. The fraction of sp³-hybridized carbons (Fsp3) is 0.222. The van der Waals surface area contributed by atoms with Gasteiger partial charge in [0.2, 0.25) is 11.9 Å². The highest BCUT2D eigenvalue weighted by Crippen LogP contribution is 2.14. The van der Waals surface area contributed by atoms with Crippen LogP contribution >= 0.6 is 11.9 Å². The van der Waals surface area contributed by atoms with Crippen molar-refractivity contribution in [2.24, 2.45) is 0 Å². The fourth-order valence-corrected chi connectivity index (χ4v) is 1.15. The highest BCUT2D eigenvalue weighted by atomic mass is 35.5. The number of rotatable bonds is 5. The van der Waals surface area contributed by atoms with Gasteiger partial charge in [-0.2, -0.15) is 0 Å². The molecule has 0 saturated heterocycles. The van der Waals surface area contributed by atoms with Gasteiger partial charge in [-0.3, -0.25) is 0 Å². The van der Waals surface area contributed by atoms with Crippen LogP contribution in [0.3, 0.4) is 0 Å². The lowest BCUT2D eigenvalue weighted by atomic mass is 10.1. The summed E-state index contributed by atoms with van der Waals surface area (Å²) in [5, 5.41) is 10.2. The van der Waals surface area contributed by atoms with Crippen molar-refractivity contribution in [1.29, 1.82) is 0 Å². The molecule has 0 N–H and O–H groups in total. The number of carbonyl (C=O) groups is 1. The molecule has 15 heavy (non-hydrogen) atoms. The molecule has 0 aliphatic heterocycles. The highest BCUT2D eigenvalue weighted by molar-refractivity contribution is 6.06. The van der Waals surface area contributed by atoms with Crippen LogP contribution in [0.25, 0.3) is 0 Å². The van der Waals surface area contributed by atoms with Crippen LogP contribution in [0, 0.1) is 4.91 Å². The van der Waals surface area contributed by atoms with E-state index in [1.54, 1.807) is 12.1 Å². The molecule has 0 aliphatic rings. The number of nitrogens with zero attached hydrogens (tertiary/aromatic N) is 1. The van der Waals surface area contributed by atoms with Gasteiger partial charge in [0.15, 0.2) is 0 Å². The minimum absolute atomic E-state index is 0.0492. The smallest absolute Gasteiger partial charge is 0.318 e. The summed E-state index contributed by atoms with van der Waals surface area (Å²) in [6.07, 6.45) is 0.315. The van der Waals surface area contributed by atoms with Gasteiger partial charge in [-0.05, 0) is 18.4 Å². The fourth-order valence-electron chi connectivity index (χ4n) is 1.07. The van der Waals surface area contributed by atoms with Gasteiger partial charge in [0.05, 0.1) is 4.91 Å². The molecule has 80 valence electrons. The van der Waals surface area contributed by atoms with Gasteiger partial charge in [0.1, 0.15) is 0 Å². The number of aliphatic carboxylic acids is 1. The Kier molecular flexibility index (Phi) is 4.05. The van der Waals surface area contributed by atoms with E-state index in [-0.39, 0.29) is 17.0 Å². The minimum Gasteiger partial charge on any atom is -0.550 e. The molecule has 1 aromatic rings. The van der Waals surface area contributed by atoms with E-state index < -0.39 is 5.97 Å². The third kappa shape index (κ3) is 3.55. The quantitative estimate of drug-likeness (QED) is 0.703. The van der Waals surface area contributed by atoms with E-state index >= 15 is 0 Å². The summed E-state index contributed by atoms with van der Waals surface area (Å²) in [6.45, 7) is 0. The molecule has 0 fully saturated rings. The van der Waals surface area contributed by atoms with E-state index in [9.17, 15) is 14.8 Å². The van der Waals surface area contributed by atoms with Crippen molar-refractivity contribution in [1.82, 2.24) is 0 Å². The first-order chi connectivity index (χ1) is 7.13. The first kappa shape index (κ1) is 11.5. The topological polar surface area (TPSA) is 69.4 Å². The van der Waals surface area contributed by atoms with Gasteiger partial charge in [-0.1, -0.05) is 16.5 Å². The van der Waals surface area contributed by atoms with Gasteiger partial charge < -0.3 is 9.90 Å². The van der Waals surface area contributed by atoms with Crippen LogP contribution in [0.1, 0.15) is 12.0 Å². The van der Waals surface area contributed by atoms with E-state index in [2.05, 4.69) is 4.39 Å². The summed E-state index contributed by atoms with van der Waals surface area (Å²) >= 11 is 4.86. The second-order valence-corrected chi connectivity index (χ2v) is 3.00. The molecule has 0 amide bonds. The number of carboxylic acid groups (broad SMARTS) is 1. The van der Waals surface area contributed by atoms with Crippen molar-refractivity contribution in [3.63, 3.8) is 0 Å². The van der Waals surface area contributed by atoms with Crippen LogP contribution in [0.5, 0.6) is 0 Å². The molecule has 5 nitrogen and oxygen atoms in total. The lowest BCUT2D eigenvalue weighted by Crippen LogP contribution is -2.22. The van der Waals surface area contributed by atoms with Crippen LogP contribution in [-0.4, -0.2) is 10.9 Å². The zero-order valence-electron chi connectivity index (χ0n) is 7.68. The number of aryl methyl sites for hydroxylation is 1. The Labute approximate surface area is 90.9 Å². The molecule has 0 saturated carbocycles. The molecule has 0 heterocycles. The van der Waals surface area contributed by atoms with Gasteiger partial charge in [-0.25, -0.2) is 0 Å². The monoisotopic (exact) mass is 229 g/mol. The zero-order valence-corrected chi connectivity index (χ0v) is 8.44. The molecule has 0 spiro atoms. The summed E-state index contributed by atoms with van der Waals surface area (Å²) < 4.78 is 3.92. The lowest BCUT2D eigenvalue weighted by Gasteiger charge is -2.01. The maximum absolute atomic E-state index is 10.8. The van der Waals surface area contributed by atoms with E-state index in [4.69, 9.17) is 11.9 Å². The molecule has 0 bridgehead atoms. The third-order valence-electron chi connectivity index (χ3n) is 1.83. The summed E-state index contributed by atoms with van der Waals surface area (Å²) in [5.41, 5.74) is 1.04. The molecular formula is C9H8ClNO4. The van der Waals surface area contributed by atoms with Gasteiger partial charge in [0.25, 0.3) is 4.92 Å². The first-order valence-electron chi connectivity index (χ1n) is 4.18. The van der Waals surface area contributed by atoms with Crippen molar-refractivity contribution >= 4 is 23.5 Å². The predicted molar refractivity (Wildman–Crippen MR) is 50.0 cm³/mol. The molecule has 1 aromatic carbocycles. The molecule has 0 radical (unpaired) electrons. The number of carboxylic acids is 1. The lowest BCUT2D eigenvalue weighted by molar-refractivity contribution is -0.700. The van der Waals surface area contributed by atoms with E-state index in [0.717, 1.165) is 5.56 Å². The summed E-state index contributed by atoms with van der Waals surface area (Å²) in [6, 6.07) is 6.22. The largest absolute Gasteiger partial charge is 0.550 e. The normalized spacial score (nSPS) is 9.67. The summed E-state index contributed by atoms with van der Waals surface area (Å²) in [7, 11) is 0. The molecular weight excluding hydrogens is 222 g/mol. The molecule has 0 aromatic heterocycles. The first-order valence-corrected chi connectivity index (χ1v) is 4.49. The van der Waals surface area contributed by atoms with Crippen LogP contribution in [0.2, 0.25) is 0 Å². The molecule has 6 heteroatoms. The number of hydrogen-bond acceptors (Lipinski definition) is 4. The highest BCUT2D eigenvalue weighted by Gasteiger charge is 2.14.